The Morgan fingerprint density at radius 2 is 2.06 bits per heavy atom. The van der Waals surface area contributed by atoms with Gasteiger partial charge in [0.2, 0.25) is 0 Å². The third-order valence-corrected chi connectivity index (χ3v) is 2.58. The molecule has 0 spiro atoms. The second-order valence-corrected chi connectivity index (χ2v) is 5.37. The number of amides is 1. The molecule has 0 aliphatic carbocycles. The first-order valence-electron chi connectivity index (χ1n) is 5.92. The van der Waals surface area contributed by atoms with E-state index in [1.165, 1.54) is 0 Å². The molecule has 1 saturated heterocycles. The molecule has 5 nitrogen and oxygen atoms in total. The van der Waals surface area contributed by atoms with Crippen LogP contribution in [0.5, 0.6) is 0 Å². The van der Waals surface area contributed by atoms with Gasteiger partial charge in [0.15, 0.2) is 0 Å². The van der Waals surface area contributed by atoms with Crippen molar-refractivity contribution < 1.29 is 19.1 Å². The number of hydrogen-bond acceptors (Lipinski definition) is 4. The number of nitrogens with one attached hydrogen (secondary N) is 1. The maximum Gasteiger partial charge on any atom is 0.408 e. The molecular formula is C12H21NO4. The topological polar surface area (TPSA) is 64.6 Å². The Labute approximate surface area is 102 Å². The van der Waals surface area contributed by atoms with Crippen LogP contribution in [0.2, 0.25) is 0 Å². The smallest absolute Gasteiger partial charge is 0.408 e. The minimum absolute atomic E-state index is 0.481. The monoisotopic (exact) mass is 243 g/mol. The van der Waals surface area contributed by atoms with E-state index in [0.717, 1.165) is 12.7 Å². The molecule has 1 amide bonds. The molecule has 0 saturated carbocycles. The van der Waals surface area contributed by atoms with Gasteiger partial charge in [0.05, 0.1) is 0 Å². The number of ether oxygens (including phenoxy) is 2. The predicted octanol–water partition coefficient (Wildman–Crippen LogP) is 1.65. The Bertz CT molecular complexity index is 275. The van der Waals surface area contributed by atoms with Crippen molar-refractivity contribution in [2.24, 2.45) is 0 Å². The summed E-state index contributed by atoms with van der Waals surface area (Å²) in [5, 5.41) is 2.67. The van der Waals surface area contributed by atoms with Crippen molar-refractivity contribution in [1.82, 2.24) is 5.32 Å². The summed E-state index contributed by atoms with van der Waals surface area (Å²) in [6.07, 6.45) is 2.09. The molecule has 0 aromatic rings. The highest BCUT2D eigenvalue weighted by atomic mass is 16.6. The summed E-state index contributed by atoms with van der Waals surface area (Å²) in [6.45, 7) is 6.48. The molecule has 17 heavy (non-hydrogen) atoms. The van der Waals surface area contributed by atoms with Gasteiger partial charge < -0.3 is 19.6 Å². The molecule has 0 bridgehead atoms. The van der Waals surface area contributed by atoms with Crippen molar-refractivity contribution in [2.75, 3.05) is 13.2 Å². The number of aldehydes is 1. The standard InChI is InChI=1S/C12H21NO4/c1-11(2,3)17-10(15)13-12(9-14)5-4-7-16-8-6-12/h9H,4-8H2,1-3H3,(H,13,15). The average molecular weight is 243 g/mol. The lowest BCUT2D eigenvalue weighted by atomic mass is 9.92. The minimum atomic E-state index is -0.834. The highest BCUT2D eigenvalue weighted by Crippen LogP contribution is 2.20. The number of carbonyl (C=O) groups is 2. The summed E-state index contributed by atoms with van der Waals surface area (Å²) in [7, 11) is 0. The SMILES string of the molecule is CC(C)(C)OC(=O)NC1(C=O)CCCOCC1. The van der Waals surface area contributed by atoms with Crippen LogP contribution < -0.4 is 5.32 Å². The zero-order valence-corrected chi connectivity index (χ0v) is 10.7. The average Bonchev–Trinajstić information content (AvgIpc) is 2.41. The zero-order chi connectivity index (χ0) is 12.9. The molecule has 1 aliphatic heterocycles. The van der Waals surface area contributed by atoms with Crippen LogP contribution in [0.25, 0.3) is 0 Å². The molecule has 0 aromatic heterocycles. The van der Waals surface area contributed by atoms with E-state index in [4.69, 9.17) is 9.47 Å². The Kier molecular flexibility index (Phi) is 4.51. The molecule has 0 radical (unpaired) electrons. The van der Waals surface area contributed by atoms with Crippen molar-refractivity contribution >= 4 is 12.4 Å². The molecule has 98 valence electrons. The number of rotatable bonds is 2. The van der Waals surface area contributed by atoms with Crippen LogP contribution in [0.4, 0.5) is 4.79 Å². The highest BCUT2D eigenvalue weighted by molar-refractivity contribution is 5.76. The van der Waals surface area contributed by atoms with Crippen LogP contribution in [0.1, 0.15) is 40.0 Å². The van der Waals surface area contributed by atoms with Crippen molar-refractivity contribution in [1.29, 1.82) is 0 Å². The molecule has 1 unspecified atom stereocenters. The first-order chi connectivity index (χ1) is 7.87. The Hall–Kier alpha value is -1.10. The van der Waals surface area contributed by atoms with E-state index in [1.54, 1.807) is 20.8 Å². The Morgan fingerprint density at radius 1 is 1.35 bits per heavy atom. The van der Waals surface area contributed by atoms with E-state index < -0.39 is 17.2 Å². The van der Waals surface area contributed by atoms with E-state index in [-0.39, 0.29) is 0 Å². The first kappa shape index (κ1) is 14.0. The van der Waals surface area contributed by atoms with E-state index in [0.29, 0.717) is 26.1 Å². The summed E-state index contributed by atoms with van der Waals surface area (Å²) in [4.78, 5) is 22.9. The van der Waals surface area contributed by atoms with E-state index in [1.807, 2.05) is 0 Å². The van der Waals surface area contributed by atoms with Crippen LogP contribution in [0.3, 0.4) is 0 Å². The maximum atomic E-state index is 11.7. The second-order valence-electron chi connectivity index (χ2n) is 5.37. The summed E-state index contributed by atoms with van der Waals surface area (Å²) < 4.78 is 10.4. The molecule has 1 fully saturated rings. The molecule has 1 aliphatic rings. The molecule has 5 heteroatoms. The third-order valence-electron chi connectivity index (χ3n) is 2.58. The third kappa shape index (κ3) is 4.73. The predicted molar refractivity (Wildman–Crippen MR) is 62.8 cm³/mol. The summed E-state index contributed by atoms with van der Waals surface area (Å²) in [6, 6.07) is 0. The van der Waals surface area contributed by atoms with Gasteiger partial charge in [0.1, 0.15) is 17.4 Å². The summed E-state index contributed by atoms with van der Waals surface area (Å²) in [5.41, 5.74) is -1.39. The van der Waals surface area contributed by atoms with Gasteiger partial charge in [0, 0.05) is 19.6 Å². The van der Waals surface area contributed by atoms with E-state index in [2.05, 4.69) is 5.32 Å². The molecule has 1 N–H and O–H groups in total. The van der Waals surface area contributed by atoms with Gasteiger partial charge in [-0.05, 0) is 33.6 Å². The molecular weight excluding hydrogens is 222 g/mol. The van der Waals surface area contributed by atoms with Crippen LogP contribution in [0, 0.1) is 0 Å². The highest BCUT2D eigenvalue weighted by Gasteiger charge is 2.34. The van der Waals surface area contributed by atoms with Crippen molar-refractivity contribution in [2.45, 2.75) is 51.2 Å². The van der Waals surface area contributed by atoms with Crippen LogP contribution in [0.15, 0.2) is 0 Å². The van der Waals surface area contributed by atoms with Crippen LogP contribution >= 0.6 is 0 Å². The Balaban J connectivity index is 2.61. The van der Waals surface area contributed by atoms with Crippen LogP contribution in [-0.4, -0.2) is 36.7 Å². The van der Waals surface area contributed by atoms with E-state index >= 15 is 0 Å². The molecule has 1 atom stereocenters. The van der Waals surface area contributed by atoms with Gasteiger partial charge in [-0.25, -0.2) is 4.79 Å². The molecule has 1 rings (SSSR count). The number of hydrogen-bond donors (Lipinski definition) is 1. The number of carbonyl (C=O) groups excluding carboxylic acids is 2. The van der Waals surface area contributed by atoms with Gasteiger partial charge in [-0.1, -0.05) is 0 Å². The van der Waals surface area contributed by atoms with Crippen molar-refractivity contribution in [3.05, 3.63) is 0 Å². The lowest BCUT2D eigenvalue weighted by Crippen LogP contribution is -2.51. The first-order valence-corrected chi connectivity index (χ1v) is 5.92. The molecule has 0 aromatic carbocycles. The molecule has 1 heterocycles. The van der Waals surface area contributed by atoms with Crippen molar-refractivity contribution in [3.63, 3.8) is 0 Å². The lowest BCUT2D eigenvalue weighted by Gasteiger charge is -2.29. The van der Waals surface area contributed by atoms with Crippen LogP contribution in [-0.2, 0) is 14.3 Å². The zero-order valence-electron chi connectivity index (χ0n) is 10.7. The van der Waals surface area contributed by atoms with Gasteiger partial charge >= 0.3 is 6.09 Å². The maximum absolute atomic E-state index is 11.7. The van der Waals surface area contributed by atoms with Gasteiger partial charge in [-0.2, -0.15) is 0 Å². The minimum Gasteiger partial charge on any atom is -0.444 e. The quantitative estimate of drug-likeness (QED) is 0.749. The fourth-order valence-electron chi connectivity index (χ4n) is 1.75. The second kappa shape index (κ2) is 5.49. The van der Waals surface area contributed by atoms with Gasteiger partial charge in [-0.15, -0.1) is 0 Å². The summed E-state index contributed by atoms with van der Waals surface area (Å²) >= 11 is 0. The van der Waals surface area contributed by atoms with Gasteiger partial charge in [-0.3, -0.25) is 0 Å². The Morgan fingerprint density at radius 3 is 2.65 bits per heavy atom. The van der Waals surface area contributed by atoms with Crippen molar-refractivity contribution in [3.8, 4) is 0 Å². The normalized spacial score (nSPS) is 25.8. The van der Waals surface area contributed by atoms with Gasteiger partial charge in [0.25, 0.3) is 0 Å². The fraction of sp³-hybridized carbons (Fsp3) is 0.833. The fourth-order valence-corrected chi connectivity index (χ4v) is 1.75. The lowest BCUT2D eigenvalue weighted by molar-refractivity contribution is -0.114. The summed E-state index contributed by atoms with van der Waals surface area (Å²) in [5.74, 6) is 0. The van der Waals surface area contributed by atoms with E-state index in [9.17, 15) is 9.59 Å². The number of alkyl carbamates (subject to hydrolysis) is 1. The largest absolute Gasteiger partial charge is 0.444 e.